The number of anilines is 1. The molecule has 0 amide bonds. The molecule has 0 spiro atoms. The van der Waals surface area contributed by atoms with Crippen molar-refractivity contribution in [2.45, 2.75) is 13.0 Å². The lowest BCUT2D eigenvalue weighted by Crippen LogP contribution is -2.06. The molecule has 1 N–H and O–H groups in total. The van der Waals surface area contributed by atoms with Crippen molar-refractivity contribution in [2.24, 2.45) is 7.05 Å². The molecule has 0 aliphatic carbocycles. The molecule has 1 heterocycles. The van der Waals surface area contributed by atoms with E-state index in [2.05, 4.69) is 23.3 Å². The molecule has 1 aromatic heterocycles. The third-order valence-electron chi connectivity index (χ3n) is 2.79. The van der Waals surface area contributed by atoms with Crippen LogP contribution in [0.25, 0.3) is 0 Å². The first-order valence-electron chi connectivity index (χ1n) is 6.10. The molecule has 1 aromatic carbocycles. The van der Waals surface area contributed by atoms with Gasteiger partial charge in [0, 0.05) is 19.3 Å². The van der Waals surface area contributed by atoms with E-state index < -0.39 is 0 Å². The first-order chi connectivity index (χ1) is 9.19. The van der Waals surface area contributed by atoms with Gasteiger partial charge < -0.3 is 10.1 Å². The van der Waals surface area contributed by atoms with Crippen molar-refractivity contribution >= 4 is 5.69 Å². The van der Waals surface area contributed by atoms with Gasteiger partial charge in [0.1, 0.15) is 12.4 Å². The molecule has 4 heteroatoms. The largest absolute Gasteiger partial charge is 0.481 e. The predicted octanol–water partition coefficient (Wildman–Crippen LogP) is 2.61. The Bertz CT molecular complexity index is 566. The van der Waals surface area contributed by atoms with Crippen LogP contribution in [0.5, 0.6) is 5.75 Å². The minimum Gasteiger partial charge on any atom is -0.481 e. The Hall–Kier alpha value is -2.41. The number of aromatic nitrogens is 2. The standard InChI is InChI=1S/C15H17N3O/c1-4-9-19-15-7-5-13(6-8-15)12(2)17-14-10-16-18(3)11-14/h1,5-8,10-12,17H,9H2,2-3H3. The van der Waals surface area contributed by atoms with Crippen molar-refractivity contribution in [1.82, 2.24) is 9.78 Å². The number of nitrogens with zero attached hydrogens (tertiary/aromatic N) is 2. The van der Waals surface area contributed by atoms with Crippen molar-refractivity contribution < 1.29 is 4.74 Å². The van der Waals surface area contributed by atoms with Crippen LogP contribution in [0.3, 0.4) is 0 Å². The number of rotatable bonds is 5. The van der Waals surface area contributed by atoms with Gasteiger partial charge in [-0.1, -0.05) is 18.1 Å². The third-order valence-corrected chi connectivity index (χ3v) is 2.79. The molecule has 0 aliphatic rings. The summed E-state index contributed by atoms with van der Waals surface area (Å²) in [5, 5.41) is 7.51. The minimum absolute atomic E-state index is 0.200. The Kier molecular flexibility index (Phi) is 4.09. The molecule has 0 bridgehead atoms. The lowest BCUT2D eigenvalue weighted by atomic mass is 10.1. The first-order valence-corrected chi connectivity index (χ1v) is 6.10. The summed E-state index contributed by atoms with van der Waals surface area (Å²) in [7, 11) is 1.90. The molecule has 0 radical (unpaired) electrons. The maximum absolute atomic E-state index is 5.34. The topological polar surface area (TPSA) is 39.1 Å². The summed E-state index contributed by atoms with van der Waals surface area (Å²) in [6, 6.07) is 8.10. The summed E-state index contributed by atoms with van der Waals surface area (Å²) in [6.07, 6.45) is 8.90. The van der Waals surface area contributed by atoms with Crippen molar-refractivity contribution in [1.29, 1.82) is 0 Å². The fourth-order valence-electron chi connectivity index (χ4n) is 1.81. The Morgan fingerprint density at radius 1 is 1.42 bits per heavy atom. The predicted molar refractivity (Wildman–Crippen MR) is 76.0 cm³/mol. The lowest BCUT2D eigenvalue weighted by molar-refractivity contribution is 0.370. The summed E-state index contributed by atoms with van der Waals surface area (Å²) in [4.78, 5) is 0. The smallest absolute Gasteiger partial charge is 0.148 e. The lowest BCUT2D eigenvalue weighted by Gasteiger charge is -2.14. The van der Waals surface area contributed by atoms with Gasteiger partial charge in [0.05, 0.1) is 11.9 Å². The second-order valence-electron chi connectivity index (χ2n) is 4.33. The summed E-state index contributed by atoms with van der Waals surface area (Å²) < 4.78 is 7.11. The molecule has 4 nitrogen and oxygen atoms in total. The fourth-order valence-corrected chi connectivity index (χ4v) is 1.81. The molecule has 2 rings (SSSR count). The third kappa shape index (κ3) is 3.52. The minimum atomic E-state index is 0.200. The summed E-state index contributed by atoms with van der Waals surface area (Å²) >= 11 is 0. The molecular weight excluding hydrogens is 238 g/mol. The zero-order valence-electron chi connectivity index (χ0n) is 11.1. The Morgan fingerprint density at radius 3 is 2.74 bits per heavy atom. The molecule has 1 unspecified atom stereocenters. The van der Waals surface area contributed by atoms with Gasteiger partial charge in [-0.05, 0) is 24.6 Å². The summed E-state index contributed by atoms with van der Waals surface area (Å²) in [5.41, 5.74) is 2.18. The molecule has 0 saturated carbocycles. The normalized spacial score (nSPS) is 11.6. The molecule has 19 heavy (non-hydrogen) atoms. The number of aryl methyl sites for hydroxylation is 1. The van der Waals surface area contributed by atoms with Gasteiger partial charge in [-0.2, -0.15) is 5.10 Å². The molecule has 2 aromatic rings. The monoisotopic (exact) mass is 255 g/mol. The maximum Gasteiger partial charge on any atom is 0.148 e. The van der Waals surface area contributed by atoms with Crippen molar-refractivity contribution in [3.05, 3.63) is 42.2 Å². The molecule has 98 valence electrons. The molecule has 0 fully saturated rings. The van der Waals surface area contributed by atoms with Crippen molar-refractivity contribution in [3.8, 4) is 18.1 Å². The fraction of sp³-hybridized carbons (Fsp3) is 0.267. The Morgan fingerprint density at radius 2 is 2.16 bits per heavy atom. The van der Waals surface area contributed by atoms with Crippen LogP contribution < -0.4 is 10.1 Å². The number of hydrogen-bond acceptors (Lipinski definition) is 3. The zero-order chi connectivity index (χ0) is 13.7. The average molecular weight is 255 g/mol. The van der Waals surface area contributed by atoms with Crippen LogP contribution in [0.2, 0.25) is 0 Å². The van der Waals surface area contributed by atoms with Crippen molar-refractivity contribution in [3.63, 3.8) is 0 Å². The van der Waals surface area contributed by atoms with Crippen LogP contribution in [-0.2, 0) is 7.05 Å². The van der Waals surface area contributed by atoms with E-state index in [0.29, 0.717) is 6.61 Å². The van der Waals surface area contributed by atoms with E-state index in [1.807, 2.05) is 37.5 Å². The Labute approximate surface area is 113 Å². The summed E-state index contributed by atoms with van der Waals surface area (Å²) in [5.74, 6) is 3.23. The second-order valence-corrected chi connectivity index (χ2v) is 4.33. The van der Waals surface area contributed by atoms with Crippen molar-refractivity contribution in [2.75, 3.05) is 11.9 Å². The van der Waals surface area contributed by atoms with Crippen LogP contribution in [0.1, 0.15) is 18.5 Å². The van der Waals surface area contributed by atoms with E-state index in [-0.39, 0.29) is 6.04 Å². The van der Waals surface area contributed by atoms with E-state index in [4.69, 9.17) is 11.2 Å². The number of hydrogen-bond donors (Lipinski definition) is 1. The van der Waals surface area contributed by atoms with Gasteiger partial charge in [0.15, 0.2) is 0 Å². The molecular formula is C15H17N3O. The Balaban J connectivity index is 1.99. The van der Waals surface area contributed by atoms with E-state index in [0.717, 1.165) is 11.4 Å². The van der Waals surface area contributed by atoms with Crippen LogP contribution >= 0.6 is 0 Å². The van der Waals surface area contributed by atoms with E-state index in [1.165, 1.54) is 5.56 Å². The van der Waals surface area contributed by atoms with Gasteiger partial charge in [-0.25, -0.2) is 0 Å². The number of nitrogens with one attached hydrogen (secondary N) is 1. The highest BCUT2D eigenvalue weighted by atomic mass is 16.5. The van der Waals surface area contributed by atoms with Gasteiger partial charge in [-0.15, -0.1) is 6.42 Å². The van der Waals surface area contributed by atoms with Gasteiger partial charge >= 0.3 is 0 Å². The van der Waals surface area contributed by atoms with E-state index >= 15 is 0 Å². The highest BCUT2D eigenvalue weighted by molar-refractivity contribution is 5.42. The maximum atomic E-state index is 5.34. The molecule has 1 atom stereocenters. The number of terminal acetylenes is 1. The SMILES string of the molecule is C#CCOc1ccc(C(C)Nc2cnn(C)c2)cc1. The zero-order valence-corrected chi connectivity index (χ0v) is 11.1. The highest BCUT2D eigenvalue weighted by Crippen LogP contribution is 2.21. The van der Waals surface area contributed by atoms with Gasteiger partial charge in [-0.3, -0.25) is 4.68 Å². The molecule has 0 saturated heterocycles. The van der Waals surface area contributed by atoms with E-state index in [9.17, 15) is 0 Å². The second kappa shape index (κ2) is 5.96. The summed E-state index contributed by atoms with van der Waals surface area (Å²) in [6.45, 7) is 2.40. The van der Waals surface area contributed by atoms with Crippen LogP contribution in [0, 0.1) is 12.3 Å². The van der Waals surface area contributed by atoms with Gasteiger partial charge in [0.25, 0.3) is 0 Å². The quantitative estimate of drug-likeness (QED) is 0.835. The van der Waals surface area contributed by atoms with Crippen LogP contribution in [0.15, 0.2) is 36.7 Å². The van der Waals surface area contributed by atoms with E-state index in [1.54, 1.807) is 10.9 Å². The van der Waals surface area contributed by atoms with Crippen LogP contribution in [-0.4, -0.2) is 16.4 Å². The van der Waals surface area contributed by atoms with Gasteiger partial charge in [0.2, 0.25) is 0 Å². The molecule has 0 aliphatic heterocycles. The number of benzene rings is 1. The highest BCUT2D eigenvalue weighted by Gasteiger charge is 2.06. The van der Waals surface area contributed by atoms with Crippen LogP contribution in [0.4, 0.5) is 5.69 Å². The average Bonchev–Trinajstić information content (AvgIpc) is 2.82. The first kappa shape index (κ1) is 13.0. The number of ether oxygens (including phenoxy) is 1.